The number of hydrogen-bond acceptors (Lipinski definition) is 5. The molecular weight excluding hydrogens is 442 g/mol. The maximum Gasteiger partial charge on any atom is 0.254 e. The van der Waals surface area contributed by atoms with Crippen LogP contribution in [0.2, 0.25) is 0 Å². The first kappa shape index (κ1) is 23.1. The van der Waals surface area contributed by atoms with Gasteiger partial charge in [-0.05, 0) is 24.6 Å². The average molecular weight is 474 g/mol. The van der Waals surface area contributed by atoms with Gasteiger partial charge < -0.3 is 19.4 Å². The number of carbonyl (C=O) groups excluding carboxylic acids is 1. The molecule has 1 aliphatic rings. The van der Waals surface area contributed by atoms with Crippen LogP contribution in [0.25, 0.3) is 10.9 Å². The number of amides is 1. The predicted molar refractivity (Wildman–Crippen MR) is 135 cm³/mol. The van der Waals surface area contributed by atoms with Gasteiger partial charge in [-0.1, -0.05) is 42.5 Å². The Morgan fingerprint density at radius 3 is 2.63 bits per heavy atom. The number of fused-ring (bicyclic) bond motifs is 1. The summed E-state index contributed by atoms with van der Waals surface area (Å²) in [5.74, 6) is 0.633. The van der Waals surface area contributed by atoms with E-state index in [1.54, 1.807) is 13.3 Å². The first-order valence-electron chi connectivity index (χ1n) is 12.0. The first-order chi connectivity index (χ1) is 17.2. The molecule has 2 aromatic carbocycles. The summed E-state index contributed by atoms with van der Waals surface area (Å²) in [7, 11) is 1.67. The van der Waals surface area contributed by atoms with Gasteiger partial charge in [-0.25, -0.2) is 0 Å². The van der Waals surface area contributed by atoms with Gasteiger partial charge in [0.05, 0.1) is 43.1 Å². The number of carbonyl (C=O) groups is 1. The normalized spacial score (nSPS) is 15.3. The van der Waals surface area contributed by atoms with Crippen LogP contribution in [0, 0.1) is 6.92 Å². The second-order valence-electron chi connectivity index (χ2n) is 8.75. The number of aromatic nitrogens is 3. The van der Waals surface area contributed by atoms with Crippen LogP contribution in [0.4, 0.5) is 0 Å². The maximum atomic E-state index is 13.9. The van der Waals surface area contributed by atoms with E-state index in [0.717, 1.165) is 73.0 Å². The van der Waals surface area contributed by atoms with Crippen LogP contribution >= 0.6 is 0 Å². The Morgan fingerprint density at radius 2 is 1.91 bits per heavy atom. The molecule has 8 nitrogen and oxygen atoms in total. The lowest BCUT2D eigenvalue weighted by molar-refractivity contribution is 0.0365. The lowest BCUT2D eigenvalue weighted by Gasteiger charge is -2.27. The lowest BCUT2D eigenvalue weighted by atomic mass is 10.0. The van der Waals surface area contributed by atoms with Gasteiger partial charge in [-0.3, -0.25) is 14.8 Å². The number of benzene rings is 2. The summed E-state index contributed by atoms with van der Waals surface area (Å²) in [6.07, 6.45) is 1.70. The van der Waals surface area contributed by atoms with Gasteiger partial charge in [0, 0.05) is 43.5 Å². The molecule has 0 bridgehead atoms. The van der Waals surface area contributed by atoms with Crippen molar-refractivity contribution >= 4 is 16.8 Å². The first-order valence-corrected chi connectivity index (χ1v) is 12.0. The van der Waals surface area contributed by atoms with Gasteiger partial charge in [0.15, 0.2) is 0 Å². The largest absolute Gasteiger partial charge is 0.495 e. The maximum absolute atomic E-state index is 13.9. The third-order valence-corrected chi connectivity index (χ3v) is 6.74. The van der Waals surface area contributed by atoms with Crippen molar-refractivity contribution in [2.24, 2.45) is 0 Å². The topological polar surface area (TPSA) is 84.4 Å². The van der Waals surface area contributed by atoms with Crippen molar-refractivity contribution in [3.05, 3.63) is 83.3 Å². The summed E-state index contributed by atoms with van der Waals surface area (Å²) in [5, 5.41) is 11.3. The van der Waals surface area contributed by atoms with Crippen LogP contribution in [-0.4, -0.2) is 65.5 Å². The number of methoxy groups -OCH3 is 1. The molecule has 0 saturated carbocycles. The van der Waals surface area contributed by atoms with Gasteiger partial charge >= 0.3 is 0 Å². The molecule has 2 N–H and O–H groups in total. The Morgan fingerprint density at radius 1 is 1.11 bits per heavy atom. The monoisotopic (exact) mass is 473 g/mol. The molecule has 0 aliphatic carbocycles. The van der Waals surface area contributed by atoms with Crippen molar-refractivity contribution in [2.75, 3.05) is 40.0 Å². The highest BCUT2D eigenvalue weighted by molar-refractivity contribution is 6.10. The zero-order valence-corrected chi connectivity index (χ0v) is 20.2. The SMILES string of the molecule is COc1cccc2c(C(=O)N[C@@H](c3ccccc3)c3ccn[nH]3)c(C)n(CCN3CCOCC3)c12. The highest BCUT2D eigenvalue weighted by Gasteiger charge is 2.26. The molecule has 1 fully saturated rings. The predicted octanol–water partition coefficient (Wildman–Crippen LogP) is 3.53. The Labute approximate surface area is 204 Å². The molecule has 2 aromatic heterocycles. The van der Waals surface area contributed by atoms with E-state index >= 15 is 0 Å². The summed E-state index contributed by atoms with van der Waals surface area (Å²) in [4.78, 5) is 16.2. The lowest BCUT2D eigenvalue weighted by Crippen LogP contribution is -2.38. The van der Waals surface area contributed by atoms with Gasteiger partial charge in [0.2, 0.25) is 0 Å². The highest BCUT2D eigenvalue weighted by atomic mass is 16.5. The van der Waals surface area contributed by atoms with Gasteiger partial charge in [-0.15, -0.1) is 0 Å². The fraction of sp³-hybridized carbons (Fsp3) is 0.333. The molecule has 1 saturated heterocycles. The van der Waals surface area contributed by atoms with Crippen LogP contribution in [0.15, 0.2) is 60.8 Å². The molecular formula is C27H31N5O3. The minimum atomic E-state index is -0.344. The van der Waals surface area contributed by atoms with Gasteiger partial charge in [0.25, 0.3) is 5.91 Å². The summed E-state index contributed by atoms with van der Waals surface area (Å²) >= 11 is 0. The van der Waals surface area contributed by atoms with E-state index in [0.29, 0.717) is 5.56 Å². The third kappa shape index (κ3) is 4.67. The molecule has 3 heterocycles. The molecule has 0 unspecified atom stereocenters. The number of ether oxygens (including phenoxy) is 2. The van der Waals surface area contributed by atoms with Gasteiger partial charge in [0.1, 0.15) is 5.75 Å². The number of hydrogen-bond donors (Lipinski definition) is 2. The number of para-hydroxylation sites is 1. The Balaban J connectivity index is 1.51. The standard InChI is InChI=1S/C27H31N5O3/c1-19-24(27(33)29-25(22-11-12-28-30-22)20-7-4-3-5-8-20)21-9-6-10-23(34-2)26(21)32(19)14-13-31-15-17-35-18-16-31/h3-12,25H,13-18H2,1-2H3,(H,28,30)(H,29,33)/t25-/m0/s1. The zero-order chi connectivity index (χ0) is 24.2. The van der Waals surface area contributed by atoms with E-state index in [4.69, 9.17) is 9.47 Å². The quantitative estimate of drug-likeness (QED) is 0.409. The minimum absolute atomic E-state index is 0.130. The van der Waals surface area contributed by atoms with E-state index in [2.05, 4.69) is 25.0 Å². The fourth-order valence-electron chi connectivity index (χ4n) is 4.91. The van der Waals surface area contributed by atoms with E-state index in [1.807, 2.05) is 61.5 Å². The number of H-pyrrole nitrogens is 1. The van der Waals surface area contributed by atoms with Crippen molar-refractivity contribution in [3.8, 4) is 5.75 Å². The average Bonchev–Trinajstić information content (AvgIpc) is 3.53. The second-order valence-corrected chi connectivity index (χ2v) is 8.75. The molecule has 8 heteroatoms. The molecule has 4 aromatic rings. The van der Waals surface area contributed by atoms with Crippen LogP contribution in [-0.2, 0) is 11.3 Å². The molecule has 0 radical (unpaired) electrons. The molecule has 1 atom stereocenters. The van der Waals surface area contributed by atoms with Crippen molar-refractivity contribution in [3.63, 3.8) is 0 Å². The molecule has 0 spiro atoms. The molecule has 5 rings (SSSR count). The minimum Gasteiger partial charge on any atom is -0.495 e. The van der Waals surface area contributed by atoms with Crippen molar-refractivity contribution < 1.29 is 14.3 Å². The van der Waals surface area contributed by atoms with Crippen LogP contribution in [0.3, 0.4) is 0 Å². The molecule has 1 amide bonds. The number of rotatable bonds is 8. The Hall–Kier alpha value is -3.62. The van der Waals surface area contributed by atoms with E-state index < -0.39 is 0 Å². The van der Waals surface area contributed by atoms with E-state index in [-0.39, 0.29) is 11.9 Å². The highest BCUT2D eigenvalue weighted by Crippen LogP contribution is 2.33. The van der Waals surface area contributed by atoms with E-state index in [1.165, 1.54) is 0 Å². The molecule has 182 valence electrons. The summed E-state index contributed by atoms with van der Waals surface area (Å²) in [5.41, 5.74) is 4.35. The number of aromatic amines is 1. The number of nitrogens with zero attached hydrogens (tertiary/aromatic N) is 3. The van der Waals surface area contributed by atoms with Gasteiger partial charge in [-0.2, -0.15) is 5.10 Å². The zero-order valence-electron chi connectivity index (χ0n) is 20.2. The smallest absolute Gasteiger partial charge is 0.254 e. The number of morpholine rings is 1. The molecule has 1 aliphatic heterocycles. The van der Waals surface area contributed by atoms with Crippen molar-refractivity contribution in [1.82, 2.24) is 25.0 Å². The molecule has 35 heavy (non-hydrogen) atoms. The third-order valence-electron chi connectivity index (χ3n) is 6.74. The fourth-order valence-corrected chi connectivity index (χ4v) is 4.91. The van der Waals surface area contributed by atoms with Crippen molar-refractivity contribution in [1.29, 1.82) is 0 Å². The second kappa shape index (κ2) is 10.3. The number of nitrogens with one attached hydrogen (secondary N) is 2. The van der Waals surface area contributed by atoms with Crippen LogP contribution in [0.5, 0.6) is 5.75 Å². The van der Waals surface area contributed by atoms with E-state index in [9.17, 15) is 4.79 Å². The Kier molecular flexibility index (Phi) is 6.83. The van der Waals surface area contributed by atoms with Crippen molar-refractivity contribution in [2.45, 2.75) is 19.5 Å². The summed E-state index contributed by atoms with van der Waals surface area (Å²) in [6, 6.07) is 17.4. The van der Waals surface area contributed by atoms with Crippen LogP contribution in [0.1, 0.15) is 33.4 Å². The van der Waals surface area contributed by atoms with Crippen LogP contribution < -0.4 is 10.1 Å². The summed E-state index contributed by atoms with van der Waals surface area (Å²) in [6.45, 7) is 7.03. The Bertz CT molecular complexity index is 1280. The summed E-state index contributed by atoms with van der Waals surface area (Å²) < 4.78 is 13.4.